The van der Waals surface area contributed by atoms with Crippen LogP contribution in [0.2, 0.25) is 0 Å². The molecule has 2 aromatic rings. The highest BCUT2D eigenvalue weighted by molar-refractivity contribution is 14.1. The molecule has 13 heteroatoms. The van der Waals surface area contributed by atoms with Crippen LogP contribution in [0.15, 0.2) is 76.6 Å². The number of fused-ring (bicyclic) bond motifs is 1. The molecule has 3 aliphatic rings. The van der Waals surface area contributed by atoms with Crippen molar-refractivity contribution in [2.24, 2.45) is 10.9 Å². The average molecular weight is 751 g/mol. The van der Waals surface area contributed by atoms with Gasteiger partial charge in [-0.1, -0.05) is 43.2 Å². The van der Waals surface area contributed by atoms with Crippen LogP contribution in [-0.2, 0) is 20.1 Å². The summed E-state index contributed by atoms with van der Waals surface area (Å²) in [6, 6.07) is 10.1. The van der Waals surface area contributed by atoms with Crippen LogP contribution in [-0.4, -0.2) is 51.4 Å². The number of halogens is 6. The number of rotatable bonds is 6. The number of anilines is 1. The van der Waals surface area contributed by atoms with E-state index < -0.39 is 56.0 Å². The number of amides is 2. The van der Waals surface area contributed by atoms with E-state index in [1.54, 1.807) is 43.1 Å². The molecule has 46 heavy (non-hydrogen) atoms. The summed E-state index contributed by atoms with van der Waals surface area (Å²) in [5, 5.41) is 17.0. The maximum atomic E-state index is 14.4. The second-order valence-electron chi connectivity index (χ2n) is 11.4. The lowest BCUT2D eigenvalue weighted by Crippen LogP contribution is -2.60. The van der Waals surface area contributed by atoms with Crippen molar-refractivity contribution in [1.82, 2.24) is 10.0 Å². The molecule has 1 fully saturated rings. The van der Waals surface area contributed by atoms with E-state index in [0.29, 0.717) is 36.6 Å². The summed E-state index contributed by atoms with van der Waals surface area (Å²) in [5.41, 5.74) is -2.73. The Morgan fingerprint density at radius 1 is 1.22 bits per heavy atom. The Balaban J connectivity index is 1.58. The van der Waals surface area contributed by atoms with Crippen molar-refractivity contribution in [1.29, 1.82) is 0 Å². The van der Waals surface area contributed by atoms with Crippen molar-refractivity contribution in [2.45, 2.75) is 48.9 Å². The molecule has 0 radical (unpaired) electrons. The maximum absolute atomic E-state index is 14.4. The van der Waals surface area contributed by atoms with Gasteiger partial charge in [0.15, 0.2) is 0 Å². The third-order valence-electron chi connectivity index (χ3n) is 8.19. The fourth-order valence-electron chi connectivity index (χ4n) is 5.84. The zero-order chi connectivity index (χ0) is 33.6. The number of aliphatic hydroxyl groups excluding tert-OH is 1. The van der Waals surface area contributed by atoms with Crippen LogP contribution in [0.25, 0.3) is 5.57 Å². The predicted molar refractivity (Wildman–Crippen MR) is 172 cm³/mol. The van der Waals surface area contributed by atoms with Gasteiger partial charge in [-0.2, -0.15) is 22.0 Å². The van der Waals surface area contributed by atoms with Crippen LogP contribution in [0, 0.1) is 18.3 Å². The number of terminal acetylenes is 1. The second-order valence-corrected chi connectivity index (χ2v) is 12.7. The molecule has 2 atom stereocenters. The van der Waals surface area contributed by atoms with Gasteiger partial charge in [-0.15, -0.1) is 6.42 Å². The highest BCUT2D eigenvalue weighted by Gasteiger charge is 2.52. The normalized spacial score (nSPS) is 22.2. The van der Waals surface area contributed by atoms with Gasteiger partial charge in [0.2, 0.25) is 0 Å². The third-order valence-corrected chi connectivity index (χ3v) is 8.81. The first-order chi connectivity index (χ1) is 21.5. The Hall–Kier alpha value is -4.03. The van der Waals surface area contributed by atoms with Crippen molar-refractivity contribution in [3.63, 3.8) is 0 Å². The fraction of sp³-hybridized carbons (Fsp3) is 0.303. The van der Waals surface area contributed by atoms with Gasteiger partial charge in [0.25, 0.3) is 11.8 Å². The molecule has 1 unspecified atom stereocenters. The SMILES string of the molecule is C#Cc1ccccc1CN1C(=O)C(C(=O)Nc2ccc(C(F)(F)I)cc2C2=C[C@H](C)C=NC(C(F)(F)F)=C2)=C(O)C2(C)CCCN12. The summed E-state index contributed by atoms with van der Waals surface area (Å²) in [4.78, 5) is 31.4. The number of aliphatic hydroxyl groups is 1. The molecule has 5 rings (SSSR count). The number of carbonyl (C=O) groups excluding carboxylic acids is 2. The number of benzene rings is 2. The number of hydrazine groups is 1. The average Bonchev–Trinajstić information content (AvgIpc) is 3.27. The molecule has 0 aliphatic carbocycles. The van der Waals surface area contributed by atoms with E-state index in [1.165, 1.54) is 11.1 Å². The number of nitrogens with one attached hydrogen (secondary N) is 1. The number of nitrogens with zero attached hydrogens (tertiary/aromatic N) is 3. The highest BCUT2D eigenvalue weighted by atomic mass is 127. The molecule has 3 heterocycles. The number of allylic oxidation sites excluding steroid dienone is 4. The lowest BCUT2D eigenvalue weighted by molar-refractivity contribution is -0.160. The summed E-state index contributed by atoms with van der Waals surface area (Å²) in [7, 11) is 0. The lowest BCUT2D eigenvalue weighted by atomic mass is 9.90. The van der Waals surface area contributed by atoms with Crippen LogP contribution in [0.3, 0.4) is 0 Å². The van der Waals surface area contributed by atoms with Crippen molar-refractivity contribution in [2.75, 3.05) is 11.9 Å². The first-order valence-corrected chi connectivity index (χ1v) is 15.3. The molecule has 2 aromatic carbocycles. The first kappa shape index (κ1) is 33.3. The Bertz CT molecular complexity index is 1770. The number of hydrogen-bond donors (Lipinski definition) is 2. The summed E-state index contributed by atoms with van der Waals surface area (Å²) >= 11 is 0.900. The summed E-state index contributed by atoms with van der Waals surface area (Å²) < 4.78 is 66.6. The maximum Gasteiger partial charge on any atom is 0.433 e. The molecule has 0 bridgehead atoms. The number of alkyl halides is 6. The summed E-state index contributed by atoms with van der Waals surface area (Å²) in [6.07, 6.45) is 5.02. The van der Waals surface area contributed by atoms with Gasteiger partial charge in [-0.05, 0) is 55.2 Å². The minimum atomic E-state index is -4.84. The van der Waals surface area contributed by atoms with Gasteiger partial charge in [-0.3, -0.25) is 19.6 Å². The molecule has 240 valence electrons. The van der Waals surface area contributed by atoms with E-state index in [9.17, 15) is 36.6 Å². The number of aliphatic imine (C=N–C) groups is 1. The van der Waals surface area contributed by atoms with E-state index in [0.717, 1.165) is 47.0 Å². The van der Waals surface area contributed by atoms with Gasteiger partial charge < -0.3 is 10.4 Å². The quantitative estimate of drug-likeness (QED) is 0.107. The van der Waals surface area contributed by atoms with Gasteiger partial charge >= 0.3 is 10.1 Å². The van der Waals surface area contributed by atoms with E-state index in [4.69, 9.17) is 6.42 Å². The number of hydrogen-bond acceptors (Lipinski definition) is 5. The first-order valence-electron chi connectivity index (χ1n) is 14.2. The molecule has 0 saturated carbocycles. The molecule has 3 aliphatic heterocycles. The topological polar surface area (TPSA) is 85.2 Å². The smallest absolute Gasteiger partial charge is 0.433 e. The lowest BCUT2D eigenvalue weighted by Gasteiger charge is -2.46. The van der Waals surface area contributed by atoms with Crippen molar-refractivity contribution in [3.8, 4) is 12.3 Å². The predicted octanol–water partition coefficient (Wildman–Crippen LogP) is 7.26. The third kappa shape index (κ3) is 6.32. The fourth-order valence-corrected chi connectivity index (χ4v) is 6.18. The molecule has 2 N–H and O–H groups in total. The van der Waals surface area contributed by atoms with Gasteiger partial charge in [0.1, 0.15) is 17.0 Å². The van der Waals surface area contributed by atoms with Crippen molar-refractivity contribution < 1.29 is 36.6 Å². The Morgan fingerprint density at radius 3 is 2.61 bits per heavy atom. The van der Waals surface area contributed by atoms with Gasteiger partial charge in [0.05, 0.1) is 12.1 Å². The number of carbonyl (C=O) groups is 2. The zero-order valence-electron chi connectivity index (χ0n) is 24.6. The molecule has 0 aromatic heterocycles. The zero-order valence-corrected chi connectivity index (χ0v) is 26.8. The summed E-state index contributed by atoms with van der Waals surface area (Å²) in [5.74, 6) is -0.404. The van der Waals surface area contributed by atoms with Gasteiger partial charge in [0, 0.05) is 63.6 Å². The van der Waals surface area contributed by atoms with Gasteiger partial charge in [-0.25, -0.2) is 5.01 Å². The van der Waals surface area contributed by atoms with Crippen LogP contribution in [0.1, 0.15) is 48.9 Å². The highest BCUT2D eigenvalue weighted by Crippen LogP contribution is 2.43. The minimum absolute atomic E-state index is 0.000660. The molecule has 0 spiro atoms. The Labute approximate surface area is 275 Å². The second kappa shape index (κ2) is 12.3. The van der Waals surface area contributed by atoms with E-state index in [2.05, 4.69) is 16.2 Å². The van der Waals surface area contributed by atoms with E-state index in [-0.39, 0.29) is 23.4 Å². The van der Waals surface area contributed by atoms with Crippen molar-refractivity contribution >= 4 is 51.9 Å². The standard InChI is InChI=1S/C33H28F5IN4O3/c1-4-20-8-5-6-9-21(20)18-42-30(46)27(28(44)31(3)12-7-13-43(31)42)29(45)41-25-11-10-23(33(37,38)39)16-24(25)22-14-19(2)17-40-26(15-22)32(34,35)36/h1,5-6,8-11,14-17,19,44H,7,12-13,18H2,2-3H3,(H,41,45)/t19-,31?/m0/s1. The monoisotopic (exact) mass is 750 g/mol. The minimum Gasteiger partial charge on any atom is -0.509 e. The van der Waals surface area contributed by atoms with Crippen LogP contribution in [0.4, 0.5) is 27.6 Å². The molecular weight excluding hydrogens is 722 g/mol. The largest absolute Gasteiger partial charge is 0.509 e. The molecular formula is C33H28F5IN4O3. The molecule has 2 amide bonds. The summed E-state index contributed by atoms with van der Waals surface area (Å²) in [6.45, 7) is 3.67. The Morgan fingerprint density at radius 2 is 1.93 bits per heavy atom. The van der Waals surface area contributed by atoms with Crippen LogP contribution >= 0.6 is 22.6 Å². The van der Waals surface area contributed by atoms with E-state index >= 15 is 0 Å². The van der Waals surface area contributed by atoms with Crippen LogP contribution in [0.5, 0.6) is 0 Å². The Kier molecular flexibility index (Phi) is 8.91. The van der Waals surface area contributed by atoms with Crippen molar-refractivity contribution in [3.05, 3.63) is 93.9 Å². The molecule has 7 nitrogen and oxygen atoms in total. The van der Waals surface area contributed by atoms with Crippen LogP contribution < -0.4 is 5.32 Å². The van der Waals surface area contributed by atoms with E-state index in [1.807, 2.05) is 0 Å². The molecule has 1 saturated heterocycles.